The number of carbonyl (C=O) groups excluding carboxylic acids is 2. The highest BCUT2D eigenvalue weighted by atomic mass is 35.5. The molecule has 0 radical (unpaired) electrons. The first-order valence-corrected chi connectivity index (χ1v) is 10.8. The van der Waals surface area contributed by atoms with Crippen molar-refractivity contribution >= 4 is 52.5 Å². The fraction of sp³-hybridized carbons (Fsp3) is 0.556. The second kappa shape index (κ2) is 9.31. The van der Waals surface area contributed by atoms with Crippen LogP contribution >= 0.6 is 35.0 Å². The standard InChI is InChI=1S/C18H23Cl2N3O2S/c19-13-3-4-14(20)15(12-13)21-17(24)5-7-22-6-1-2-16(22)18(25)23-8-10-26-11-9-23/h3-4,12,16H,1-2,5-11H2,(H,21,24). The summed E-state index contributed by atoms with van der Waals surface area (Å²) < 4.78 is 0. The predicted molar refractivity (Wildman–Crippen MR) is 108 cm³/mol. The Bertz CT molecular complexity index is 668. The minimum atomic E-state index is -0.123. The van der Waals surface area contributed by atoms with Gasteiger partial charge in [0.25, 0.3) is 0 Å². The molecule has 1 unspecified atom stereocenters. The number of benzene rings is 1. The summed E-state index contributed by atoms with van der Waals surface area (Å²) in [5, 5.41) is 3.78. The van der Waals surface area contributed by atoms with Crippen molar-refractivity contribution in [3.8, 4) is 0 Å². The molecule has 1 N–H and O–H groups in total. The normalized spacial score (nSPS) is 21.0. The molecule has 2 aliphatic heterocycles. The topological polar surface area (TPSA) is 52.7 Å². The highest BCUT2D eigenvalue weighted by Crippen LogP contribution is 2.26. The van der Waals surface area contributed by atoms with Crippen LogP contribution in [-0.2, 0) is 9.59 Å². The zero-order valence-corrected chi connectivity index (χ0v) is 16.9. The molecule has 142 valence electrons. The van der Waals surface area contributed by atoms with Crippen LogP contribution in [0.1, 0.15) is 19.3 Å². The molecule has 0 spiro atoms. The summed E-state index contributed by atoms with van der Waals surface area (Å²) >= 11 is 13.9. The molecule has 2 saturated heterocycles. The average Bonchev–Trinajstić information content (AvgIpc) is 3.12. The van der Waals surface area contributed by atoms with Gasteiger partial charge in [0.2, 0.25) is 11.8 Å². The first-order chi connectivity index (χ1) is 12.5. The Morgan fingerprint density at radius 2 is 1.96 bits per heavy atom. The Morgan fingerprint density at radius 3 is 2.73 bits per heavy atom. The van der Waals surface area contributed by atoms with Gasteiger partial charge in [-0.05, 0) is 37.6 Å². The molecule has 1 aromatic rings. The maximum Gasteiger partial charge on any atom is 0.239 e. The lowest BCUT2D eigenvalue weighted by atomic mass is 10.2. The lowest BCUT2D eigenvalue weighted by Crippen LogP contribution is -2.48. The molecule has 2 heterocycles. The highest BCUT2D eigenvalue weighted by Gasteiger charge is 2.34. The van der Waals surface area contributed by atoms with Crippen molar-refractivity contribution in [2.24, 2.45) is 0 Å². The Labute approximate surface area is 168 Å². The summed E-state index contributed by atoms with van der Waals surface area (Å²) in [4.78, 5) is 29.2. The van der Waals surface area contributed by atoms with Gasteiger partial charge in [-0.15, -0.1) is 0 Å². The zero-order chi connectivity index (χ0) is 18.5. The molecule has 1 aromatic carbocycles. The fourth-order valence-electron chi connectivity index (χ4n) is 3.42. The van der Waals surface area contributed by atoms with Gasteiger partial charge in [-0.1, -0.05) is 23.2 Å². The molecule has 1 atom stereocenters. The highest BCUT2D eigenvalue weighted by molar-refractivity contribution is 7.99. The SMILES string of the molecule is O=C(CCN1CCCC1C(=O)N1CCSCC1)Nc1cc(Cl)ccc1Cl. The van der Waals surface area contributed by atoms with Gasteiger partial charge in [-0.25, -0.2) is 0 Å². The van der Waals surface area contributed by atoms with E-state index in [1.807, 2.05) is 16.7 Å². The van der Waals surface area contributed by atoms with Crippen LogP contribution in [0.5, 0.6) is 0 Å². The van der Waals surface area contributed by atoms with E-state index >= 15 is 0 Å². The summed E-state index contributed by atoms with van der Waals surface area (Å²) in [5.41, 5.74) is 0.518. The van der Waals surface area contributed by atoms with E-state index in [0.29, 0.717) is 28.7 Å². The number of hydrogen-bond donors (Lipinski definition) is 1. The van der Waals surface area contributed by atoms with Crippen molar-refractivity contribution in [1.29, 1.82) is 0 Å². The van der Waals surface area contributed by atoms with E-state index in [-0.39, 0.29) is 17.9 Å². The molecule has 2 fully saturated rings. The molecule has 0 saturated carbocycles. The number of nitrogens with zero attached hydrogens (tertiary/aromatic N) is 2. The van der Waals surface area contributed by atoms with Gasteiger partial charge in [0.1, 0.15) is 0 Å². The number of amides is 2. The van der Waals surface area contributed by atoms with E-state index in [2.05, 4.69) is 10.2 Å². The van der Waals surface area contributed by atoms with E-state index in [0.717, 1.165) is 44.0 Å². The molecule has 3 rings (SSSR count). The fourth-order valence-corrected chi connectivity index (χ4v) is 4.66. The van der Waals surface area contributed by atoms with E-state index in [9.17, 15) is 9.59 Å². The van der Waals surface area contributed by atoms with Crippen molar-refractivity contribution in [3.63, 3.8) is 0 Å². The number of rotatable bonds is 5. The lowest BCUT2D eigenvalue weighted by Gasteiger charge is -2.32. The number of likely N-dealkylation sites (tertiary alicyclic amines) is 1. The van der Waals surface area contributed by atoms with Crippen molar-refractivity contribution in [2.75, 3.05) is 43.0 Å². The zero-order valence-electron chi connectivity index (χ0n) is 14.5. The van der Waals surface area contributed by atoms with Gasteiger partial charge in [0.05, 0.1) is 16.8 Å². The molecule has 2 aliphatic rings. The largest absolute Gasteiger partial charge is 0.340 e. The lowest BCUT2D eigenvalue weighted by molar-refractivity contribution is -0.136. The van der Waals surface area contributed by atoms with E-state index in [4.69, 9.17) is 23.2 Å². The molecule has 0 aromatic heterocycles. The number of nitrogens with one attached hydrogen (secondary N) is 1. The summed E-state index contributed by atoms with van der Waals surface area (Å²) in [6.45, 7) is 3.11. The molecule has 26 heavy (non-hydrogen) atoms. The van der Waals surface area contributed by atoms with Crippen molar-refractivity contribution in [3.05, 3.63) is 28.2 Å². The third-order valence-electron chi connectivity index (χ3n) is 4.80. The van der Waals surface area contributed by atoms with Crippen LogP contribution in [0.3, 0.4) is 0 Å². The number of halogens is 2. The maximum atomic E-state index is 12.8. The van der Waals surface area contributed by atoms with Crippen LogP contribution in [0.25, 0.3) is 0 Å². The van der Waals surface area contributed by atoms with Gasteiger partial charge in [-0.3, -0.25) is 14.5 Å². The van der Waals surface area contributed by atoms with Gasteiger partial charge < -0.3 is 10.2 Å². The quantitative estimate of drug-likeness (QED) is 0.800. The summed E-state index contributed by atoms with van der Waals surface area (Å²) in [6.07, 6.45) is 2.20. The summed E-state index contributed by atoms with van der Waals surface area (Å²) in [6, 6.07) is 4.89. The second-order valence-corrected chi connectivity index (χ2v) is 8.62. The van der Waals surface area contributed by atoms with Crippen molar-refractivity contribution in [2.45, 2.75) is 25.3 Å². The number of thioether (sulfide) groups is 1. The van der Waals surface area contributed by atoms with Crippen LogP contribution in [0.15, 0.2) is 18.2 Å². The van der Waals surface area contributed by atoms with Crippen LogP contribution in [-0.4, -0.2) is 65.3 Å². The first kappa shape index (κ1) is 19.8. The van der Waals surface area contributed by atoms with Crippen LogP contribution in [0.4, 0.5) is 5.69 Å². The second-order valence-electron chi connectivity index (χ2n) is 6.55. The first-order valence-electron chi connectivity index (χ1n) is 8.90. The van der Waals surface area contributed by atoms with Gasteiger partial charge in [0.15, 0.2) is 0 Å². The van der Waals surface area contributed by atoms with Crippen molar-refractivity contribution < 1.29 is 9.59 Å². The maximum absolute atomic E-state index is 12.8. The third-order valence-corrected chi connectivity index (χ3v) is 6.31. The Balaban J connectivity index is 1.52. The van der Waals surface area contributed by atoms with Crippen molar-refractivity contribution in [1.82, 2.24) is 9.80 Å². The minimum Gasteiger partial charge on any atom is -0.340 e. The number of carbonyl (C=O) groups is 2. The molecule has 0 bridgehead atoms. The molecular weight excluding hydrogens is 393 g/mol. The number of anilines is 1. The van der Waals surface area contributed by atoms with Gasteiger partial charge in [-0.2, -0.15) is 11.8 Å². The third kappa shape index (κ3) is 5.06. The molecule has 8 heteroatoms. The van der Waals surface area contributed by atoms with Gasteiger partial charge in [0, 0.05) is 42.6 Å². The molecule has 2 amide bonds. The molecule has 0 aliphatic carbocycles. The van der Waals surface area contributed by atoms with E-state index in [1.165, 1.54) is 0 Å². The van der Waals surface area contributed by atoms with Crippen LogP contribution < -0.4 is 5.32 Å². The monoisotopic (exact) mass is 415 g/mol. The minimum absolute atomic E-state index is 0.0827. The van der Waals surface area contributed by atoms with E-state index in [1.54, 1.807) is 18.2 Å². The molecular formula is C18H23Cl2N3O2S. The molecule has 5 nitrogen and oxygen atoms in total. The Morgan fingerprint density at radius 1 is 1.19 bits per heavy atom. The van der Waals surface area contributed by atoms with Crippen LogP contribution in [0, 0.1) is 0 Å². The number of hydrogen-bond acceptors (Lipinski definition) is 4. The summed E-state index contributed by atoms with van der Waals surface area (Å²) in [7, 11) is 0. The van der Waals surface area contributed by atoms with Gasteiger partial charge >= 0.3 is 0 Å². The van der Waals surface area contributed by atoms with Crippen LogP contribution in [0.2, 0.25) is 10.0 Å². The summed E-state index contributed by atoms with van der Waals surface area (Å²) in [5.74, 6) is 2.13. The average molecular weight is 416 g/mol. The Hall–Kier alpha value is -0.950. The smallest absolute Gasteiger partial charge is 0.239 e. The predicted octanol–water partition coefficient (Wildman–Crippen LogP) is 3.36. The van der Waals surface area contributed by atoms with E-state index < -0.39 is 0 Å². The Kier molecular flexibility index (Phi) is 7.09.